The highest BCUT2D eigenvalue weighted by molar-refractivity contribution is 5.57. The van der Waals surface area contributed by atoms with Crippen LogP contribution in [0.15, 0.2) is 18.5 Å². The van der Waals surface area contributed by atoms with E-state index in [0.29, 0.717) is 0 Å². The van der Waals surface area contributed by atoms with Gasteiger partial charge in [0.2, 0.25) is 0 Å². The number of aryl methyl sites for hydroxylation is 1. The van der Waals surface area contributed by atoms with Crippen LogP contribution < -0.4 is 0 Å². The maximum absolute atomic E-state index is 4.48. The molecule has 1 N–H and O–H groups in total. The van der Waals surface area contributed by atoms with Crippen LogP contribution in [0.4, 0.5) is 0 Å². The molecule has 1 unspecified atom stereocenters. The van der Waals surface area contributed by atoms with Gasteiger partial charge >= 0.3 is 0 Å². The quantitative estimate of drug-likeness (QED) is 0.918. The molecule has 2 aromatic heterocycles. The van der Waals surface area contributed by atoms with Crippen LogP contribution in [0.1, 0.15) is 18.4 Å². The Morgan fingerprint density at radius 2 is 2.29 bits per heavy atom. The molecule has 2 saturated heterocycles. The molecule has 2 fully saturated rings. The second kappa shape index (κ2) is 5.27. The zero-order valence-electron chi connectivity index (χ0n) is 12.5. The lowest BCUT2D eigenvalue weighted by Crippen LogP contribution is -2.49. The molecule has 2 aliphatic rings. The molecule has 0 spiro atoms. The zero-order valence-corrected chi connectivity index (χ0v) is 12.5. The molecule has 0 bridgehead atoms. The highest BCUT2D eigenvalue weighted by Crippen LogP contribution is 2.25. The molecule has 4 heterocycles. The maximum Gasteiger partial charge on any atom is 0.110 e. The van der Waals surface area contributed by atoms with Crippen LogP contribution in [0, 0.1) is 0 Å². The number of hydrogen-bond donors (Lipinski definition) is 1. The minimum absolute atomic E-state index is 0.768. The van der Waals surface area contributed by atoms with Gasteiger partial charge in [-0.05, 0) is 25.5 Å². The lowest BCUT2D eigenvalue weighted by molar-refractivity contribution is 0.0995. The average molecular weight is 286 g/mol. The summed E-state index contributed by atoms with van der Waals surface area (Å²) in [4.78, 5) is 5.20. The Balaban J connectivity index is 1.49. The summed E-state index contributed by atoms with van der Waals surface area (Å²) in [7, 11) is 1.94. The van der Waals surface area contributed by atoms with Gasteiger partial charge in [0, 0.05) is 51.0 Å². The fourth-order valence-corrected chi connectivity index (χ4v) is 3.64. The highest BCUT2D eigenvalue weighted by atomic mass is 15.3. The van der Waals surface area contributed by atoms with E-state index in [1.807, 2.05) is 30.2 Å². The Labute approximate surface area is 124 Å². The fraction of sp³-hybridized carbons (Fsp3) is 0.600. The third-order valence-corrected chi connectivity index (χ3v) is 4.75. The number of H-pyrrole nitrogens is 1. The van der Waals surface area contributed by atoms with Crippen molar-refractivity contribution in [3.8, 4) is 11.4 Å². The first-order valence-corrected chi connectivity index (χ1v) is 7.78. The van der Waals surface area contributed by atoms with Gasteiger partial charge in [-0.15, -0.1) is 0 Å². The molecule has 0 aromatic carbocycles. The van der Waals surface area contributed by atoms with Crippen molar-refractivity contribution in [1.82, 2.24) is 29.8 Å². The summed E-state index contributed by atoms with van der Waals surface area (Å²) >= 11 is 0. The van der Waals surface area contributed by atoms with Gasteiger partial charge in [0.15, 0.2) is 0 Å². The smallest absolute Gasteiger partial charge is 0.110 e. The first kappa shape index (κ1) is 13.0. The molecule has 1 atom stereocenters. The second-order valence-electron chi connectivity index (χ2n) is 6.21. The van der Waals surface area contributed by atoms with Crippen molar-refractivity contribution in [3.63, 3.8) is 0 Å². The molecule has 2 aliphatic heterocycles. The number of piperazine rings is 1. The average Bonchev–Trinajstić information content (AvgIpc) is 3.18. The third-order valence-electron chi connectivity index (χ3n) is 4.75. The zero-order chi connectivity index (χ0) is 14.2. The van der Waals surface area contributed by atoms with Crippen molar-refractivity contribution in [2.24, 2.45) is 7.05 Å². The number of nitrogens with one attached hydrogen (secondary N) is 1. The number of hydrogen-bond acceptors (Lipinski definition) is 4. The largest absolute Gasteiger partial charge is 0.298 e. The molecule has 4 rings (SSSR count). The molecule has 6 heteroatoms. The van der Waals surface area contributed by atoms with Crippen LogP contribution in [-0.4, -0.2) is 62.0 Å². The lowest BCUT2D eigenvalue weighted by atomic mass is 10.1. The highest BCUT2D eigenvalue weighted by Gasteiger charge is 2.30. The molecule has 0 saturated carbocycles. The van der Waals surface area contributed by atoms with Crippen LogP contribution in [0.2, 0.25) is 0 Å². The molecule has 21 heavy (non-hydrogen) atoms. The summed E-state index contributed by atoms with van der Waals surface area (Å²) in [5.41, 5.74) is 3.29. The Hall–Kier alpha value is -1.66. The summed E-state index contributed by atoms with van der Waals surface area (Å²) < 4.78 is 1.83. The van der Waals surface area contributed by atoms with E-state index in [1.165, 1.54) is 38.0 Å². The first-order valence-electron chi connectivity index (χ1n) is 7.78. The third kappa shape index (κ3) is 2.49. The van der Waals surface area contributed by atoms with Crippen LogP contribution in [0.3, 0.4) is 0 Å². The molecule has 2 aromatic rings. The number of nitrogens with zero attached hydrogens (tertiary/aromatic N) is 5. The van der Waals surface area contributed by atoms with E-state index in [9.17, 15) is 0 Å². The molecule has 0 radical (unpaired) electrons. The number of aromatic nitrogens is 4. The summed E-state index contributed by atoms with van der Waals surface area (Å²) in [6.45, 7) is 5.81. The first-order chi connectivity index (χ1) is 10.3. The van der Waals surface area contributed by atoms with Gasteiger partial charge in [-0.2, -0.15) is 10.2 Å². The Kier molecular flexibility index (Phi) is 3.27. The van der Waals surface area contributed by atoms with Crippen LogP contribution in [-0.2, 0) is 13.6 Å². The van der Waals surface area contributed by atoms with Crippen molar-refractivity contribution in [2.75, 3.05) is 26.2 Å². The number of rotatable bonds is 3. The second-order valence-corrected chi connectivity index (χ2v) is 6.21. The van der Waals surface area contributed by atoms with Gasteiger partial charge in [-0.3, -0.25) is 19.6 Å². The molecule has 6 nitrogen and oxygen atoms in total. The van der Waals surface area contributed by atoms with Crippen LogP contribution in [0.25, 0.3) is 11.4 Å². The van der Waals surface area contributed by atoms with Gasteiger partial charge in [-0.1, -0.05) is 0 Å². The van der Waals surface area contributed by atoms with E-state index in [1.54, 1.807) is 0 Å². The van der Waals surface area contributed by atoms with Gasteiger partial charge in [0.1, 0.15) is 5.69 Å². The van der Waals surface area contributed by atoms with Gasteiger partial charge < -0.3 is 0 Å². The van der Waals surface area contributed by atoms with Crippen molar-refractivity contribution >= 4 is 0 Å². The summed E-state index contributed by atoms with van der Waals surface area (Å²) in [6, 6.07) is 2.80. The van der Waals surface area contributed by atoms with Gasteiger partial charge in [0.05, 0.1) is 11.9 Å². The fourth-order valence-electron chi connectivity index (χ4n) is 3.64. The monoisotopic (exact) mass is 286 g/mol. The predicted molar refractivity (Wildman–Crippen MR) is 80.7 cm³/mol. The number of aromatic amines is 1. The van der Waals surface area contributed by atoms with Crippen molar-refractivity contribution in [1.29, 1.82) is 0 Å². The Morgan fingerprint density at radius 3 is 3.14 bits per heavy atom. The Bertz CT molecular complexity index is 615. The predicted octanol–water partition coefficient (Wildman–Crippen LogP) is 1.09. The molecule has 0 amide bonds. The van der Waals surface area contributed by atoms with E-state index < -0.39 is 0 Å². The SMILES string of the molecule is Cn1ccc(-c2[nH]ncc2CN2CCN3CCCC3C2)n1. The van der Waals surface area contributed by atoms with E-state index >= 15 is 0 Å². The summed E-state index contributed by atoms with van der Waals surface area (Å²) in [6.07, 6.45) is 6.64. The minimum Gasteiger partial charge on any atom is -0.298 e. The van der Waals surface area contributed by atoms with Crippen LogP contribution >= 0.6 is 0 Å². The van der Waals surface area contributed by atoms with Gasteiger partial charge in [0.25, 0.3) is 0 Å². The topological polar surface area (TPSA) is 53.0 Å². The normalized spacial score (nSPS) is 23.6. The molecular weight excluding hydrogens is 264 g/mol. The summed E-state index contributed by atoms with van der Waals surface area (Å²) in [5, 5.41) is 11.8. The number of fused-ring (bicyclic) bond motifs is 1. The van der Waals surface area contributed by atoms with Crippen molar-refractivity contribution in [3.05, 3.63) is 24.0 Å². The van der Waals surface area contributed by atoms with E-state index in [0.717, 1.165) is 30.5 Å². The Morgan fingerprint density at radius 1 is 1.33 bits per heavy atom. The van der Waals surface area contributed by atoms with E-state index in [2.05, 4.69) is 25.1 Å². The molecule has 0 aliphatic carbocycles. The summed E-state index contributed by atoms with van der Waals surface area (Å²) in [5.74, 6) is 0. The van der Waals surface area contributed by atoms with E-state index in [4.69, 9.17) is 0 Å². The molecular formula is C15H22N6. The lowest BCUT2D eigenvalue weighted by Gasteiger charge is -2.37. The van der Waals surface area contributed by atoms with Crippen LogP contribution in [0.5, 0.6) is 0 Å². The van der Waals surface area contributed by atoms with Crippen molar-refractivity contribution in [2.45, 2.75) is 25.4 Å². The minimum atomic E-state index is 0.768. The van der Waals surface area contributed by atoms with Gasteiger partial charge in [-0.25, -0.2) is 0 Å². The molecule has 112 valence electrons. The maximum atomic E-state index is 4.48. The van der Waals surface area contributed by atoms with E-state index in [-0.39, 0.29) is 0 Å². The standard InChI is InChI=1S/C15H22N6/c1-19-6-4-14(18-19)15-12(9-16-17-15)10-20-7-8-21-5-2-3-13(21)11-20/h4,6,9,13H,2-3,5,7-8,10-11H2,1H3,(H,16,17). The van der Waals surface area contributed by atoms with Crippen molar-refractivity contribution < 1.29 is 0 Å².